The smallest absolute Gasteiger partial charge is 0.397 e. The Morgan fingerprint density at radius 2 is 1.67 bits per heavy atom. The van der Waals surface area contributed by atoms with E-state index in [0.717, 1.165) is 24.8 Å². The summed E-state index contributed by atoms with van der Waals surface area (Å²) in [6.07, 6.45) is -7.93. The normalized spacial score (nSPS) is 43.0. The van der Waals surface area contributed by atoms with Gasteiger partial charge in [0, 0.05) is 11.8 Å². The molecule has 0 radical (unpaired) electrons. The Balaban J connectivity index is 1.51. The zero-order valence-corrected chi connectivity index (χ0v) is 28.7. The standard InChI is InChI=1S/C30H46O16S2/c1-14(2)9-22(32)44-25-24(46-48(39,40)41)23(45-47(36,37)38)20(13-31)43-28(25)42-17-10-18(27(34)35)19-7-8-30-11-16(15(3)26(30)33)5-6-21(30)29(19,4)12-17/h14,16-21,23-26,28,31,33H,3,5-13H2,1-2,4H3,(H,34,35)(H,36,37,38)(H,39,40,41)/t16-,17-,18-,19-,20-,21+,23-,24+,25-,26+,28+,29-,30-/m1/s1. The molecule has 0 aromatic rings. The van der Waals surface area contributed by atoms with E-state index in [-0.39, 0.29) is 42.9 Å². The highest BCUT2D eigenvalue weighted by Crippen LogP contribution is 2.70. The Labute approximate surface area is 280 Å². The van der Waals surface area contributed by atoms with E-state index in [9.17, 15) is 50.8 Å². The predicted molar refractivity (Wildman–Crippen MR) is 162 cm³/mol. The van der Waals surface area contributed by atoms with Crippen LogP contribution in [0.3, 0.4) is 0 Å². The number of rotatable bonds is 11. The Hall–Kier alpha value is -1.74. The molecule has 0 aromatic carbocycles. The SMILES string of the molecule is C=C1[C@@H]2CC[C@H]3[C@]4(C)C[C@H](O[C@H]5O[C@H](CO)[C@@H](OS(=O)(=O)O)[C@H](OS(=O)(=O)O)[C@H]5OC(=O)CC(C)C)C[C@@H](C(=O)O)[C@H]4CC[C@]3(C2)[C@H]1O. The summed E-state index contributed by atoms with van der Waals surface area (Å²) < 4.78 is 93.5. The number of fused-ring (bicyclic) bond motifs is 3. The molecule has 5 N–H and O–H groups in total. The van der Waals surface area contributed by atoms with Gasteiger partial charge < -0.3 is 29.5 Å². The molecule has 1 heterocycles. The monoisotopic (exact) mass is 726 g/mol. The van der Waals surface area contributed by atoms with Crippen LogP contribution in [-0.4, -0.2) is 103 Å². The first-order chi connectivity index (χ1) is 22.2. The maximum Gasteiger partial charge on any atom is 0.397 e. The van der Waals surface area contributed by atoms with E-state index in [1.807, 2.05) is 6.92 Å². The highest BCUT2D eigenvalue weighted by Gasteiger charge is 2.67. The fourth-order valence-corrected chi connectivity index (χ4v) is 10.8. The van der Waals surface area contributed by atoms with Crippen LogP contribution in [-0.2, 0) is 53.0 Å². The molecule has 1 spiro atoms. The zero-order valence-electron chi connectivity index (χ0n) is 27.0. The molecule has 0 unspecified atom stereocenters. The van der Waals surface area contributed by atoms with Gasteiger partial charge in [-0.05, 0) is 79.6 Å². The number of aliphatic hydroxyl groups excluding tert-OH is 2. The fraction of sp³-hybridized carbons (Fsp3) is 0.867. The quantitative estimate of drug-likeness (QED) is 0.0879. The number of carbonyl (C=O) groups is 2. The third kappa shape index (κ3) is 7.20. The molecule has 48 heavy (non-hydrogen) atoms. The molecule has 0 aromatic heterocycles. The van der Waals surface area contributed by atoms with Crippen molar-refractivity contribution in [3.8, 4) is 0 Å². The highest BCUT2D eigenvalue weighted by atomic mass is 32.3. The number of esters is 1. The van der Waals surface area contributed by atoms with Crippen molar-refractivity contribution in [2.75, 3.05) is 6.61 Å². The first-order valence-corrected chi connectivity index (χ1v) is 18.9. The molecule has 5 aliphatic rings. The average Bonchev–Trinajstić information content (AvgIpc) is 3.12. The second-order valence-corrected chi connectivity index (χ2v) is 16.9. The summed E-state index contributed by atoms with van der Waals surface area (Å²) in [6.45, 7) is 8.52. The number of aliphatic hydroxyl groups is 2. The molecule has 1 aliphatic heterocycles. The van der Waals surface area contributed by atoms with Crippen molar-refractivity contribution >= 4 is 32.7 Å². The van der Waals surface area contributed by atoms with Crippen molar-refractivity contribution < 1.29 is 73.4 Å². The third-order valence-electron chi connectivity index (χ3n) is 11.5. The lowest BCUT2D eigenvalue weighted by Crippen LogP contribution is -2.64. The molecular weight excluding hydrogens is 680 g/mol. The second kappa shape index (κ2) is 13.4. The van der Waals surface area contributed by atoms with Crippen LogP contribution in [0.5, 0.6) is 0 Å². The van der Waals surface area contributed by atoms with Gasteiger partial charge >= 0.3 is 32.7 Å². The maximum atomic E-state index is 12.9. The first kappa shape index (κ1) is 37.5. The number of carboxylic acids is 1. The van der Waals surface area contributed by atoms with Crippen molar-refractivity contribution in [3.63, 3.8) is 0 Å². The topological polar surface area (TPSA) is 250 Å². The van der Waals surface area contributed by atoms with Crippen LogP contribution in [0, 0.1) is 40.4 Å². The molecule has 5 fully saturated rings. The molecule has 1 saturated heterocycles. The van der Waals surface area contributed by atoms with E-state index in [1.165, 1.54) is 0 Å². The second-order valence-electron chi connectivity index (χ2n) is 14.8. The third-order valence-corrected chi connectivity index (χ3v) is 12.4. The summed E-state index contributed by atoms with van der Waals surface area (Å²) in [5.74, 6) is -3.25. The Morgan fingerprint density at radius 3 is 2.25 bits per heavy atom. The minimum Gasteiger partial charge on any atom is -0.481 e. The molecule has 2 bridgehead atoms. The van der Waals surface area contributed by atoms with Gasteiger partial charge in [0.1, 0.15) is 12.2 Å². The van der Waals surface area contributed by atoms with Gasteiger partial charge in [0.25, 0.3) is 0 Å². The Bertz CT molecular complexity index is 1480. The molecule has 0 amide bonds. The molecule has 18 heteroatoms. The average molecular weight is 727 g/mol. The van der Waals surface area contributed by atoms with E-state index in [1.54, 1.807) is 13.8 Å². The number of carboxylic acid groups (broad SMARTS) is 1. The molecule has 16 nitrogen and oxygen atoms in total. The van der Waals surface area contributed by atoms with Gasteiger partial charge in [-0.2, -0.15) is 16.8 Å². The van der Waals surface area contributed by atoms with Crippen LogP contribution in [0.1, 0.15) is 72.1 Å². The first-order valence-electron chi connectivity index (χ1n) is 16.2. The maximum absolute atomic E-state index is 12.9. The number of hydrogen-bond acceptors (Lipinski definition) is 13. The van der Waals surface area contributed by atoms with Gasteiger partial charge in [0.05, 0.1) is 24.7 Å². The number of aliphatic carboxylic acids is 1. The predicted octanol–water partition coefficient (Wildman–Crippen LogP) is 1.67. The molecule has 5 rings (SSSR count). The Kier molecular flexibility index (Phi) is 10.5. The van der Waals surface area contributed by atoms with Crippen LogP contribution >= 0.6 is 0 Å². The van der Waals surface area contributed by atoms with Crippen molar-refractivity contribution in [3.05, 3.63) is 12.2 Å². The van der Waals surface area contributed by atoms with Crippen LogP contribution in [0.25, 0.3) is 0 Å². The van der Waals surface area contributed by atoms with E-state index >= 15 is 0 Å². The summed E-state index contributed by atoms with van der Waals surface area (Å²) in [5.41, 5.74) is -0.319. The summed E-state index contributed by atoms with van der Waals surface area (Å²) >= 11 is 0. The minimum atomic E-state index is -5.42. The summed E-state index contributed by atoms with van der Waals surface area (Å²) in [5, 5.41) is 32.0. The van der Waals surface area contributed by atoms with Gasteiger partial charge in [0.2, 0.25) is 0 Å². The lowest BCUT2D eigenvalue weighted by Gasteiger charge is -2.62. The van der Waals surface area contributed by atoms with E-state index in [0.29, 0.717) is 12.8 Å². The van der Waals surface area contributed by atoms with Gasteiger partial charge in [-0.25, -0.2) is 8.37 Å². The van der Waals surface area contributed by atoms with Crippen LogP contribution in [0.15, 0.2) is 12.2 Å². The van der Waals surface area contributed by atoms with Crippen LogP contribution in [0.2, 0.25) is 0 Å². The Morgan fingerprint density at radius 1 is 1.02 bits per heavy atom. The molecule has 274 valence electrons. The fourth-order valence-electron chi connectivity index (χ4n) is 9.82. The molecule has 4 saturated carbocycles. The number of hydrogen-bond donors (Lipinski definition) is 5. The lowest BCUT2D eigenvalue weighted by atomic mass is 9.43. The van der Waals surface area contributed by atoms with Crippen molar-refractivity contribution in [1.29, 1.82) is 0 Å². The van der Waals surface area contributed by atoms with Crippen LogP contribution < -0.4 is 0 Å². The minimum absolute atomic E-state index is 0.0156. The highest BCUT2D eigenvalue weighted by molar-refractivity contribution is 7.81. The zero-order chi connectivity index (χ0) is 35.6. The molecule has 4 aliphatic carbocycles. The van der Waals surface area contributed by atoms with Crippen molar-refractivity contribution in [1.82, 2.24) is 0 Å². The van der Waals surface area contributed by atoms with E-state index in [2.05, 4.69) is 10.8 Å². The number of carbonyl (C=O) groups excluding carboxylic acids is 1. The summed E-state index contributed by atoms with van der Waals surface area (Å²) in [4.78, 5) is 25.7. The van der Waals surface area contributed by atoms with Crippen molar-refractivity contribution in [2.45, 2.75) is 115 Å². The van der Waals surface area contributed by atoms with Crippen LogP contribution in [0.4, 0.5) is 0 Å². The number of ether oxygens (including phenoxy) is 3. The van der Waals surface area contributed by atoms with Gasteiger partial charge in [-0.1, -0.05) is 27.4 Å². The lowest BCUT2D eigenvalue weighted by molar-refractivity contribution is -0.316. The van der Waals surface area contributed by atoms with Gasteiger partial charge in [-0.3, -0.25) is 18.7 Å². The largest absolute Gasteiger partial charge is 0.481 e. The van der Waals surface area contributed by atoms with Gasteiger partial charge in [0.15, 0.2) is 18.5 Å². The van der Waals surface area contributed by atoms with E-state index < -0.39 is 99.0 Å². The van der Waals surface area contributed by atoms with Gasteiger partial charge in [-0.15, -0.1) is 0 Å². The summed E-state index contributed by atoms with van der Waals surface area (Å²) in [6, 6.07) is 0. The van der Waals surface area contributed by atoms with Crippen molar-refractivity contribution in [2.24, 2.45) is 40.4 Å². The molecular formula is C30H46O16S2. The van der Waals surface area contributed by atoms with E-state index in [4.69, 9.17) is 18.4 Å². The molecule has 13 atom stereocenters. The summed E-state index contributed by atoms with van der Waals surface area (Å²) in [7, 11) is -10.8.